The molecule has 2 amide bonds. The van der Waals surface area contributed by atoms with Crippen molar-refractivity contribution in [2.45, 2.75) is 84.0 Å². The van der Waals surface area contributed by atoms with Gasteiger partial charge in [0.15, 0.2) is 0 Å². The highest BCUT2D eigenvalue weighted by atomic mass is 16.2. The third-order valence-electron chi connectivity index (χ3n) is 4.63. The SMILES string of the molecule is B[C@H](CC(C)C)NC(=O)CNC(=O)C1CCCCCCCCC1. The van der Waals surface area contributed by atoms with Crippen molar-refractivity contribution in [2.75, 3.05) is 6.54 Å². The first-order valence-corrected chi connectivity index (χ1v) is 9.56. The summed E-state index contributed by atoms with van der Waals surface area (Å²) in [5, 5.41) is 5.80. The van der Waals surface area contributed by atoms with Crippen LogP contribution in [0, 0.1) is 11.8 Å². The lowest BCUT2D eigenvalue weighted by atomic mass is 9.88. The third kappa shape index (κ3) is 9.67. The van der Waals surface area contributed by atoms with Gasteiger partial charge in [-0.15, -0.1) is 0 Å². The molecule has 0 unspecified atom stereocenters. The normalized spacial score (nSPS) is 19.1. The smallest absolute Gasteiger partial charge is 0.238 e. The molecule has 0 spiro atoms. The molecule has 4 nitrogen and oxygen atoms in total. The Morgan fingerprint density at radius 3 is 2.04 bits per heavy atom. The van der Waals surface area contributed by atoms with Crippen LogP contribution in [0.5, 0.6) is 0 Å². The van der Waals surface area contributed by atoms with Crippen molar-refractivity contribution in [1.82, 2.24) is 10.6 Å². The molecule has 23 heavy (non-hydrogen) atoms. The molecule has 1 aliphatic carbocycles. The Hall–Kier alpha value is -0.995. The second-order valence-corrected chi connectivity index (χ2v) is 7.57. The molecule has 0 radical (unpaired) electrons. The van der Waals surface area contributed by atoms with E-state index in [1.165, 1.54) is 32.1 Å². The Balaban J connectivity index is 2.30. The maximum absolute atomic E-state index is 12.3. The van der Waals surface area contributed by atoms with Gasteiger partial charge in [0, 0.05) is 5.92 Å². The molecule has 5 heteroatoms. The molecular weight excluding hydrogens is 287 g/mol. The topological polar surface area (TPSA) is 58.2 Å². The molecule has 0 bridgehead atoms. The Bertz CT molecular complexity index is 351. The van der Waals surface area contributed by atoms with Crippen LogP contribution in [0.15, 0.2) is 0 Å². The van der Waals surface area contributed by atoms with E-state index >= 15 is 0 Å². The summed E-state index contributed by atoms with van der Waals surface area (Å²) in [6, 6.07) is 0. The quantitative estimate of drug-likeness (QED) is 0.738. The van der Waals surface area contributed by atoms with Gasteiger partial charge in [-0.3, -0.25) is 9.59 Å². The van der Waals surface area contributed by atoms with E-state index in [4.69, 9.17) is 0 Å². The number of amides is 2. The van der Waals surface area contributed by atoms with Crippen LogP contribution in [0.25, 0.3) is 0 Å². The Morgan fingerprint density at radius 1 is 1.00 bits per heavy atom. The third-order valence-corrected chi connectivity index (χ3v) is 4.63. The van der Waals surface area contributed by atoms with Crippen LogP contribution in [-0.4, -0.2) is 32.1 Å². The molecule has 0 aromatic heterocycles. The average Bonchev–Trinajstić information content (AvgIpc) is 2.49. The second-order valence-electron chi connectivity index (χ2n) is 7.57. The van der Waals surface area contributed by atoms with Gasteiger partial charge in [0.25, 0.3) is 0 Å². The minimum Gasteiger partial charge on any atom is -0.360 e. The van der Waals surface area contributed by atoms with Gasteiger partial charge in [0.05, 0.1) is 6.54 Å². The highest BCUT2D eigenvalue weighted by Crippen LogP contribution is 2.21. The minimum absolute atomic E-state index is 0.0669. The molecule has 0 aromatic carbocycles. The van der Waals surface area contributed by atoms with E-state index in [-0.39, 0.29) is 30.2 Å². The summed E-state index contributed by atoms with van der Waals surface area (Å²) in [5.41, 5.74) is 0. The zero-order chi connectivity index (χ0) is 17.1. The molecule has 1 atom stereocenters. The average molecular weight is 322 g/mol. The lowest BCUT2D eigenvalue weighted by molar-refractivity contribution is -0.129. The summed E-state index contributed by atoms with van der Waals surface area (Å²) in [4.78, 5) is 24.3. The van der Waals surface area contributed by atoms with Crippen LogP contribution in [0.1, 0.15) is 78.1 Å². The molecule has 132 valence electrons. The van der Waals surface area contributed by atoms with E-state index in [1.807, 2.05) is 7.85 Å². The number of hydrogen-bond acceptors (Lipinski definition) is 2. The summed E-state index contributed by atoms with van der Waals surface area (Å²) < 4.78 is 0. The Labute approximate surface area is 143 Å². The molecular formula is C18H35BN2O2. The van der Waals surface area contributed by atoms with Crippen molar-refractivity contribution in [2.24, 2.45) is 11.8 Å². The summed E-state index contributed by atoms with van der Waals surface area (Å²) >= 11 is 0. The van der Waals surface area contributed by atoms with Gasteiger partial charge in [-0.05, 0) is 31.1 Å². The van der Waals surface area contributed by atoms with E-state index in [0.717, 1.165) is 32.1 Å². The van der Waals surface area contributed by atoms with Crippen LogP contribution in [0.2, 0.25) is 0 Å². The molecule has 0 saturated heterocycles. The van der Waals surface area contributed by atoms with Crippen molar-refractivity contribution in [3.8, 4) is 0 Å². The fourth-order valence-electron chi connectivity index (χ4n) is 3.48. The van der Waals surface area contributed by atoms with Crippen molar-refractivity contribution in [3.63, 3.8) is 0 Å². The highest BCUT2D eigenvalue weighted by Gasteiger charge is 2.19. The first kappa shape index (κ1) is 20.1. The largest absolute Gasteiger partial charge is 0.360 e. The summed E-state index contributed by atoms with van der Waals surface area (Å²) in [6.07, 6.45) is 11.6. The van der Waals surface area contributed by atoms with E-state index in [9.17, 15) is 9.59 Å². The van der Waals surface area contributed by atoms with Crippen LogP contribution in [-0.2, 0) is 9.59 Å². The minimum atomic E-state index is -0.0774. The number of nitrogens with one attached hydrogen (secondary N) is 2. The van der Waals surface area contributed by atoms with E-state index in [2.05, 4.69) is 24.5 Å². The second kappa shape index (κ2) is 11.5. The Morgan fingerprint density at radius 2 is 1.52 bits per heavy atom. The van der Waals surface area contributed by atoms with Crippen molar-refractivity contribution < 1.29 is 9.59 Å². The zero-order valence-corrected chi connectivity index (χ0v) is 15.3. The molecule has 1 aliphatic rings. The van der Waals surface area contributed by atoms with Crippen molar-refractivity contribution in [3.05, 3.63) is 0 Å². The number of hydrogen-bond donors (Lipinski definition) is 2. The van der Waals surface area contributed by atoms with E-state index in [1.54, 1.807) is 0 Å². The van der Waals surface area contributed by atoms with Crippen LogP contribution in [0.3, 0.4) is 0 Å². The fraction of sp³-hybridized carbons (Fsp3) is 0.889. The number of carbonyl (C=O) groups is 2. The van der Waals surface area contributed by atoms with Gasteiger partial charge >= 0.3 is 0 Å². The van der Waals surface area contributed by atoms with Gasteiger partial charge in [0.1, 0.15) is 7.85 Å². The van der Waals surface area contributed by atoms with E-state index < -0.39 is 0 Å². The van der Waals surface area contributed by atoms with Gasteiger partial charge < -0.3 is 10.6 Å². The molecule has 1 fully saturated rings. The number of rotatable bonds is 6. The Kier molecular flexibility index (Phi) is 10.0. The lowest BCUT2D eigenvalue weighted by Gasteiger charge is -2.19. The molecule has 1 rings (SSSR count). The van der Waals surface area contributed by atoms with Gasteiger partial charge in [-0.25, -0.2) is 0 Å². The van der Waals surface area contributed by atoms with Gasteiger partial charge in [-0.2, -0.15) is 0 Å². The maximum atomic E-state index is 12.3. The van der Waals surface area contributed by atoms with Crippen LogP contribution < -0.4 is 10.6 Å². The molecule has 0 heterocycles. The molecule has 0 aromatic rings. The van der Waals surface area contributed by atoms with Gasteiger partial charge in [0.2, 0.25) is 11.8 Å². The maximum Gasteiger partial charge on any atom is 0.238 e. The predicted molar refractivity (Wildman–Crippen MR) is 98.0 cm³/mol. The van der Waals surface area contributed by atoms with Crippen molar-refractivity contribution in [1.29, 1.82) is 0 Å². The predicted octanol–water partition coefficient (Wildman–Crippen LogP) is 2.36. The standard InChI is InChI=1S/C18H35BN2O2/c1-14(2)12-16(19)21-17(22)13-20-18(23)15-10-8-6-4-3-5-7-9-11-15/h14-16H,3-13,19H2,1-2H3,(H,20,23)(H,21,22)/t16-/m0/s1. The lowest BCUT2D eigenvalue weighted by Crippen LogP contribution is -2.44. The summed E-state index contributed by atoms with van der Waals surface area (Å²) in [6.45, 7) is 4.39. The summed E-state index contributed by atoms with van der Waals surface area (Å²) in [7, 11) is 2.01. The van der Waals surface area contributed by atoms with Crippen molar-refractivity contribution >= 4 is 19.7 Å². The van der Waals surface area contributed by atoms with E-state index in [0.29, 0.717) is 5.92 Å². The van der Waals surface area contributed by atoms with Crippen LogP contribution >= 0.6 is 0 Å². The zero-order valence-electron chi connectivity index (χ0n) is 15.3. The molecule has 1 saturated carbocycles. The van der Waals surface area contributed by atoms with Gasteiger partial charge in [-0.1, -0.05) is 58.8 Å². The first-order valence-electron chi connectivity index (χ1n) is 9.56. The fourth-order valence-corrected chi connectivity index (χ4v) is 3.48. The summed E-state index contributed by atoms with van der Waals surface area (Å²) in [5.74, 6) is 0.800. The first-order chi connectivity index (χ1) is 11.0. The molecule has 0 aliphatic heterocycles. The highest BCUT2D eigenvalue weighted by molar-refractivity contribution is 6.13. The molecule has 2 N–H and O–H groups in total. The monoisotopic (exact) mass is 322 g/mol. The number of carbonyl (C=O) groups excluding carboxylic acids is 2. The van der Waals surface area contributed by atoms with Crippen LogP contribution in [0.4, 0.5) is 0 Å².